The average Bonchev–Trinajstić information content (AvgIpc) is 2.64. The van der Waals surface area contributed by atoms with Gasteiger partial charge in [-0.2, -0.15) is 0 Å². The van der Waals surface area contributed by atoms with Gasteiger partial charge in [0.2, 0.25) is 5.76 Å². The van der Waals surface area contributed by atoms with Crippen molar-refractivity contribution in [3.05, 3.63) is 34.8 Å². The van der Waals surface area contributed by atoms with Crippen molar-refractivity contribution in [1.29, 1.82) is 0 Å². The molecule has 0 saturated heterocycles. The second-order valence-corrected chi connectivity index (χ2v) is 4.04. The van der Waals surface area contributed by atoms with Gasteiger partial charge in [0.1, 0.15) is 0 Å². The number of rotatable bonds is 3. The Balaban J connectivity index is 2.79. The first-order valence-electron chi connectivity index (χ1n) is 5.50. The number of fused-ring (bicyclic) bond motifs is 1. The molecule has 0 unspecified atom stereocenters. The number of hydrogen-bond acceptors (Lipinski definition) is 2. The predicted molar refractivity (Wildman–Crippen MR) is 61.9 cm³/mol. The largest absolute Gasteiger partial charge is 0.475 e. The van der Waals surface area contributed by atoms with Gasteiger partial charge in [-0.1, -0.05) is 25.5 Å². The Morgan fingerprint density at radius 1 is 1.47 bits per heavy atom. The van der Waals surface area contributed by atoms with E-state index in [0.29, 0.717) is 22.9 Å². The van der Waals surface area contributed by atoms with Crippen LogP contribution in [-0.4, -0.2) is 11.1 Å². The first-order valence-corrected chi connectivity index (χ1v) is 5.50. The minimum atomic E-state index is -1.15. The number of benzene rings is 1. The van der Waals surface area contributed by atoms with Crippen LogP contribution < -0.4 is 0 Å². The van der Waals surface area contributed by atoms with Crippen molar-refractivity contribution in [2.45, 2.75) is 26.7 Å². The molecule has 3 nitrogen and oxygen atoms in total. The normalized spacial score (nSPS) is 11.0. The van der Waals surface area contributed by atoms with E-state index in [0.717, 1.165) is 6.42 Å². The Morgan fingerprint density at radius 3 is 2.76 bits per heavy atom. The van der Waals surface area contributed by atoms with Gasteiger partial charge in [0.15, 0.2) is 11.4 Å². The fourth-order valence-corrected chi connectivity index (χ4v) is 1.95. The lowest BCUT2D eigenvalue weighted by molar-refractivity contribution is 0.0663. The first-order chi connectivity index (χ1) is 8.06. The van der Waals surface area contributed by atoms with E-state index in [1.807, 2.05) is 6.92 Å². The third-order valence-corrected chi connectivity index (χ3v) is 2.79. The summed E-state index contributed by atoms with van der Waals surface area (Å²) in [5, 5.41) is 9.60. The number of carbonyl (C=O) groups is 1. The SMILES string of the molecule is CCCc1c(C(=O)O)oc2c(F)c(C)ccc12. The molecule has 1 N–H and O–H groups in total. The van der Waals surface area contributed by atoms with E-state index in [2.05, 4.69) is 0 Å². The lowest BCUT2D eigenvalue weighted by Crippen LogP contribution is -1.98. The minimum Gasteiger partial charge on any atom is -0.475 e. The van der Waals surface area contributed by atoms with Crippen LogP contribution in [0.3, 0.4) is 0 Å². The molecule has 4 heteroatoms. The molecule has 0 radical (unpaired) electrons. The van der Waals surface area contributed by atoms with Gasteiger partial charge in [-0.05, 0) is 18.9 Å². The quantitative estimate of drug-likeness (QED) is 0.886. The Kier molecular flexibility index (Phi) is 2.88. The van der Waals surface area contributed by atoms with Crippen molar-refractivity contribution in [2.24, 2.45) is 0 Å². The fraction of sp³-hybridized carbons (Fsp3) is 0.308. The molecule has 0 amide bonds. The van der Waals surface area contributed by atoms with E-state index >= 15 is 0 Å². The van der Waals surface area contributed by atoms with Crippen LogP contribution in [0.2, 0.25) is 0 Å². The number of aromatic carboxylic acids is 1. The molecule has 0 saturated carbocycles. The Hall–Kier alpha value is -1.84. The number of halogens is 1. The van der Waals surface area contributed by atoms with Crippen LogP contribution in [0, 0.1) is 12.7 Å². The van der Waals surface area contributed by atoms with Crippen LogP contribution in [0.15, 0.2) is 16.5 Å². The summed E-state index contributed by atoms with van der Waals surface area (Å²) < 4.78 is 19.0. The summed E-state index contributed by atoms with van der Waals surface area (Å²) in [5.41, 5.74) is 1.07. The molecule has 2 aromatic rings. The third-order valence-electron chi connectivity index (χ3n) is 2.79. The molecular formula is C13H13FO3. The highest BCUT2D eigenvalue weighted by atomic mass is 19.1. The fourth-order valence-electron chi connectivity index (χ4n) is 1.95. The maximum atomic E-state index is 13.8. The Morgan fingerprint density at radius 2 is 2.18 bits per heavy atom. The summed E-state index contributed by atoms with van der Waals surface area (Å²) in [6.45, 7) is 3.56. The van der Waals surface area contributed by atoms with Gasteiger partial charge < -0.3 is 9.52 Å². The summed E-state index contributed by atoms with van der Waals surface area (Å²) in [5.74, 6) is -1.78. The third kappa shape index (κ3) is 1.79. The van der Waals surface area contributed by atoms with Gasteiger partial charge in [0.05, 0.1) is 0 Å². The zero-order chi connectivity index (χ0) is 12.6. The van der Waals surface area contributed by atoms with Crippen molar-refractivity contribution in [1.82, 2.24) is 0 Å². The molecule has 0 aliphatic heterocycles. The highest BCUT2D eigenvalue weighted by molar-refractivity contribution is 5.95. The van der Waals surface area contributed by atoms with Gasteiger partial charge in [-0.3, -0.25) is 0 Å². The van der Waals surface area contributed by atoms with Gasteiger partial charge in [-0.25, -0.2) is 9.18 Å². The molecule has 90 valence electrons. The number of aryl methyl sites for hydroxylation is 2. The summed E-state index contributed by atoms with van der Waals surface area (Å²) in [7, 11) is 0. The van der Waals surface area contributed by atoms with Crippen molar-refractivity contribution in [3.8, 4) is 0 Å². The molecule has 1 aromatic carbocycles. The van der Waals surface area contributed by atoms with Gasteiger partial charge >= 0.3 is 5.97 Å². The van der Waals surface area contributed by atoms with Crippen LogP contribution in [0.25, 0.3) is 11.0 Å². The lowest BCUT2D eigenvalue weighted by Gasteiger charge is -1.98. The standard InChI is InChI=1S/C13H13FO3/c1-3-4-8-9-6-5-7(2)10(14)11(9)17-12(8)13(15)16/h5-6H,3-4H2,1-2H3,(H,15,16). The van der Waals surface area contributed by atoms with Crippen LogP contribution in [-0.2, 0) is 6.42 Å². The van der Waals surface area contributed by atoms with E-state index in [9.17, 15) is 9.18 Å². The molecular weight excluding hydrogens is 223 g/mol. The average molecular weight is 236 g/mol. The summed E-state index contributed by atoms with van der Waals surface area (Å²) >= 11 is 0. The molecule has 0 aliphatic rings. The summed E-state index contributed by atoms with van der Waals surface area (Å²) in [6, 6.07) is 3.35. The Bertz CT molecular complexity index is 584. The van der Waals surface area contributed by atoms with Gasteiger partial charge in [-0.15, -0.1) is 0 Å². The van der Waals surface area contributed by atoms with Crippen LogP contribution >= 0.6 is 0 Å². The molecule has 0 spiro atoms. The van der Waals surface area contributed by atoms with Gasteiger partial charge in [0.25, 0.3) is 0 Å². The lowest BCUT2D eigenvalue weighted by atomic mass is 10.0. The number of hydrogen-bond donors (Lipinski definition) is 1. The van der Waals surface area contributed by atoms with Gasteiger partial charge in [0, 0.05) is 10.9 Å². The highest BCUT2D eigenvalue weighted by Crippen LogP contribution is 2.30. The summed E-state index contributed by atoms with van der Waals surface area (Å²) in [4.78, 5) is 11.0. The van der Waals surface area contributed by atoms with Crippen LogP contribution in [0.4, 0.5) is 4.39 Å². The van der Waals surface area contributed by atoms with Crippen LogP contribution in [0.1, 0.15) is 35.0 Å². The Labute approximate surface area is 97.9 Å². The zero-order valence-corrected chi connectivity index (χ0v) is 9.71. The first kappa shape index (κ1) is 11.6. The molecule has 1 aromatic heterocycles. The molecule has 1 heterocycles. The molecule has 0 atom stereocenters. The molecule has 17 heavy (non-hydrogen) atoms. The smallest absolute Gasteiger partial charge is 0.372 e. The van der Waals surface area contributed by atoms with E-state index in [1.165, 1.54) is 0 Å². The highest BCUT2D eigenvalue weighted by Gasteiger charge is 2.21. The maximum Gasteiger partial charge on any atom is 0.372 e. The van der Waals surface area contributed by atoms with E-state index < -0.39 is 11.8 Å². The van der Waals surface area contributed by atoms with E-state index in [4.69, 9.17) is 9.52 Å². The molecule has 2 rings (SSSR count). The number of carboxylic acid groups (broad SMARTS) is 1. The van der Waals surface area contributed by atoms with Crippen molar-refractivity contribution in [2.75, 3.05) is 0 Å². The predicted octanol–water partition coefficient (Wildman–Crippen LogP) is 3.53. The minimum absolute atomic E-state index is 0.0471. The van der Waals surface area contributed by atoms with E-state index in [1.54, 1.807) is 19.1 Å². The van der Waals surface area contributed by atoms with Crippen LogP contribution in [0.5, 0.6) is 0 Å². The molecule has 0 fully saturated rings. The zero-order valence-electron chi connectivity index (χ0n) is 9.71. The number of furan rings is 1. The summed E-state index contributed by atoms with van der Waals surface area (Å²) in [6.07, 6.45) is 1.35. The van der Waals surface area contributed by atoms with Crippen molar-refractivity contribution < 1.29 is 18.7 Å². The monoisotopic (exact) mass is 236 g/mol. The van der Waals surface area contributed by atoms with Crippen molar-refractivity contribution in [3.63, 3.8) is 0 Å². The van der Waals surface area contributed by atoms with E-state index in [-0.39, 0.29) is 11.3 Å². The second kappa shape index (κ2) is 4.20. The second-order valence-electron chi connectivity index (χ2n) is 4.04. The van der Waals surface area contributed by atoms with Crippen molar-refractivity contribution >= 4 is 16.9 Å². The molecule has 0 aliphatic carbocycles. The molecule has 0 bridgehead atoms. The topological polar surface area (TPSA) is 50.4 Å². The number of carboxylic acids is 1. The maximum absolute atomic E-state index is 13.8.